The largest absolute Gasteiger partial charge is 0.497 e. The van der Waals surface area contributed by atoms with Crippen LogP contribution in [-0.2, 0) is 19.1 Å². The molecule has 8 nitrogen and oxygen atoms in total. The van der Waals surface area contributed by atoms with Gasteiger partial charge in [-0.1, -0.05) is 0 Å². The quantitative estimate of drug-likeness (QED) is 0.344. The molecule has 0 bridgehead atoms. The molecule has 0 aliphatic rings. The molecule has 0 aliphatic carbocycles. The zero-order chi connectivity index (χ0) is 23.7. The van der Waals surface area contributed by atoms with Crippen molar-refractivity contribution < 1.29 is 41.8 Å². The second-order valence-corrected chi connectivity index (χ2v) is 6.10. The molecule has 170 valence electrons. The fourth-order valence-corrected chi connectivity index (χ4v) is 2.35. The van der Waals surface area contributed by atoms with Gasteiger partial charge in [0.2, 0.25) is 5.91 Å². The molecule has 0 saturated carbocycles. The normalized spacial score (nSPS) is 10.5. The van der Waals surface area contributed by atoms with Crippen molar-refractivity contribution in [2.24, 2.45) is 0 Å². The van der Waals surface area contributed by atoms with E-state index in [1.165, 1.54) is 20.3 Å². The Labute approximate surface area is 181 Å². The number of hydrogen-bond acceptors (Lipinski definition) is 6. The first-order valence-electron chi connectivity index (χ1n) is 9.02. The first-order valence-corrected chi connectivity index (χ1v) is 9.02. The Morgan fingerprint density at radius 2 is 1.72 bits per heavy atom. The lowest BCUT2D eigenvalue weighted by Crippen LogP contribution is -2.35. The molecule has 0 aliphatic heterocycles. The highest BCUT2D eigenvalue weighted by atomic mass is 19.2. The third kappa shape index (κ3) is 6.76. The molecule has 0 heterocycles. The molecule has 0 atom stereocenters. The van der Waals surface area contributed by atoms with Crippen LogP contribution < -0.4 is 20.1 Å². The zero-order valence-corrected chi connectivity index (χ0v) is 17.0. The Balaban J connectivity index is 1.79. The average molecular weight is 452 g/mol. The third-order valence-corrected chi connectivity index (χ3v) is 3.94. The molecule has 0 spiro atoms. The summed E-state index contributed by atoms with van der Waals surface area (Å²) in [5, 5.41) is 4.11. The van der Waals surface area contributed by atoms with Crippen LogP contribution in [0.3, 0.4) is 0 Å². The smallest absolute Gasteiger partial charge is 0.331 e. The molecular weight excluding hydrogens is 433 g/mol. The van der Waals surface area contributed by atoms with E-state index in [0.29, 0.717) is 23.1 Å². The van der Waals surface area contributed by atoms with Gasteiger partial charge in [-0.15, -0.1) is 0 Å². The molecule has 32 heavy (non-hydrogen) atoms. The van der Waals surface area contributed by atoms with E-state index < -0.39 is 54.1 Å². The molecule has 0 saturated heterocycles. The predicted octanol–water partition coefficient (Wildman–Crippen LogP) is 2.43. The van der Waals surface area contributed by atoms with E-state index >= 15 is 0 Å². The lowest BCUT2D eigenvalue weighted by molar-refractivity contribution is -0.143. The predicted molar refractivity (Wildman–Crippen MR) is 107 cm³/mol. The molecule has 0 aromatic heterocycles. The van der Waals surface area contributed by atoms with Gasteiger partial charge in [-0.3, -0.25) is 9.59 Å². The topological polar surface area (TPSA) is 103 Å². The molecule has 2 rings (SSSR count). The number of carbonyl (C=O) groups is 3. The molecular formula is C21H19F3N2O6. The van der Waals surface area contributed by atoms with Gasteiger partial charge in [0, 0.05) is 17.7 Å². The Morgan fingerprint density at radius 1 is 0.969 bits per heavy atom. The number of methoxy groups -OCH3 is 2. The van der Waals surface area contributed by atoms with Gasteiger partial charge in [0.1, 0.15) is 11.5 Å². The van der Waals surface area contributed by atoms with Crippen LogP contribution in [0.1, 0.15) is 5.56 Å². The lowest BCUT2D eigenvalue weighted by atomic mass is 10.2. The minimum Gasteiger partial charge on any atom is -0.497 e. The van der Waals surface area contributed by atoms with E-state index in [0.717, 1.165) is 12.1 Å². The Kier molecular flexibility index (Phi) is 8.63. The number of nitrogens with one attached hydrogen (secondary N) is 2. The molecule has 2 aromatic rings. The highest BCUT2D eigenvalue weighted by Crippen LogP contribution is 2.25. The second-order valence-electron chi connectivity index (χ2n) is 6.10. The van der Waals surface area contributed by atoms with Crippen molar-refractivity contribution >= 4 is 29.5 Å². The maximum atomic E-state index is 13.5. The van der Waals surface area contributed by atoms with Gasteiger partial charge in [0.05, 0.1) is 26.5 Å². The van der Waals surface area contributed by atoms with Crippen LogP contribution in [-0.4, -0.2) is 45.2 Å². The van der Waals surface area contributed by atoms with Gasteiger partial charge in [-0.2, -0.15) is 0 Å². The molecule has 11 heteroatoms. The summed E-state index contributed by atoms with van der Waals surface area (Å²) in [4.78, 5) is 35.2. The fraction of sp³-hybridized carbons (Fsp3) is 0.190. The highest BCUT2D eigenvalue weighted by molar-refractivity contribution is 5.95. The van der Waals surface area contributed by atoms with Gasteiger partial charge >= 0.3 is 5.97 Å². The monoisotopic (exact) mass is 452 g/mol. The Morgan fingerprint density at radius 3 is 2.41 bits per heavy atom. The first kappa shape index (κ1) is 24.3. The summed E-state index contributed by atoms with van der Waals surface area (Å²) in [5.74, 6) is -6.24. The summed E-state index contributed by atoms with van der Waals surface area (Å²) in [6.07, 6.45) is 2.50. The number of amides is 2. The standard InChI is InChI=1S/C21H19F3N2O6/c1-30-13-5-3-12(16(9-13)31-2)4-8-19(29)32-11-18(28)25-10-17(27)26-15-7-6-14(22)20(23)21(15)24/h3-9H,10-11H2,1-2H3,(H,25,28)(H,26,27)/b8-4+. The summed E-state index contributed by atoms with van der Waals surface area (Å²) in [6.45, 7) is -1.30. The first-order chi connectivity index (χ1) is 15.2. The maximum absolute atomic E-state index is 13.5. The van der Waals surface area contributed by atoms with Crippen molar-refractivity contribution in [2.45, 2.75) is 0 Å². The summed E-state index contributed by atoms with van der Waals surface area (Å²) < 4.78 is 54.6. The second kappa shape index (κ2) is 11.4. The van der Waals surface area contributed by atoms with Crippen molar-refractivity contribution in [3.63, 3.8) is 0 Å². The third-order valence-electron chi connectivity index (χ3n) is 3.94. The number of esters is 1. The van der Waals surface area contributed by atoms with Gasteiger partial charge in [-0.25, -0.2) is 18.0 Å². The number of halogens is 3. The molecule has 0 fully saturated rings. The van der Waals surface area contributed by atoms with E-state index in [1.54, 1.807) is 18.2 Å². The number of ether oxygens (including phenoxy) is 3. The van der Waals surface area contributed by atoms with Crippen molar-refractivity contribution in [3.8, 4) is 11.5 Å². The van der Waals surface area contributed by atoms with Crippen LogP contribution in [0.5, 0.6) is 11.5 Å². The number of hydrogen-bond donors (Lipinski definition) is 2. The van der Waals surface area contributed by atoms with Crippen molar-refractivity contribution in [1.82, 2.24) is 5.32 Å². The number of rotatable bonds is 9. The van der Waals surface area contributed by atoms with E-state index in [-0.39, 0.29) is 0 Å². The number of benzene rings is 2. The van der Waals surface area contributed by atoms with E-state index in [9.17, 15) is 27.6 Å². The summed E-state index contributed by atoms with van der Waals surface area (Å²) in [5.41, 5.74) is -0.0236. The number of anilines is 1. The van der Waals surface area contributed by atoms with Crippen molar-refractivity contribution in [3.05, 3.63) is 59.4 Å². The number of carbonyl (C=O) groups excluding carboxylic acids is 3. The Hall–Kier alpha value is -4.02. The van der Waals surface area contributed by atoms with Crippen LogP contribution in [0.15, 0.2) is 36.4 Å². The summed E-state index contributed by atoms with van der Waals surface area (Å²) >= 11 is 0. The van der Waals surface area contributed by atoms with Crippen LogP contribution >= 0.6 is 0 Å². The van der Waals surface area contributed by atoms with Crippen LogP contribution in [0.2, 0.25) is 0 Å². The SMILES string of the molecule is COc1ccc(/C=C/C(=O)OCC(=O)NCC(=O)Nc2ccc(F)c(F)c2F)c(OC)c1. The van der Waals surface area contributed by atoms with Crippen molar-refractivity contribution in [2.75, 3.05) is 32.7 Å². The molecule has 0 radical (unpaired) electrons. The zero-order valence-electron chi connectivity index (χ0n) is 17.0. The summed E-state index contributed by atoms with van der Waals surface area (Å²) in [6, 6.07) is 6.41. The molecule has 2 N–H and O–H groups in total. The van der Waals surface area contributed by atoms with Gasteiger partial charge in [0.15, 0.2) is 24.1 Å². The Bertz CT molecular complexity index is 1040. The van der Waals surface area contributed by atoms with Gasteiger partial charge < -0.3 is 24.8 Å². The molecule has 0 unspecified atom stereocenters. The van der Waals surface area contributed by atoms with Gasteiger partial charge in [-0.05, 0) is 30.3 Å². The lowest BCUT2D eigenvalue weighted by Gasteiger charge is -2.09. The average Bonchev–Trinajstić information content (AvgIpc) is 2.80. The van der Waals surface area contributed by atoms with Crippen LogP contribution in [0, 0.1) is 17.5 Å². The highest BCUT2D eigenvalue weighted by Gasteiger charge is 2.15. The van der Waals surface area contributed by atoms with E-state index in [1.807, 2.05) is 5.32 Å². The maximum Gasteiger partial charge on any atom is 0.331 e. The minimum absolute atomic E-state index is 0.453. The van der Waals surface area contributed by atoms with Gasteiger partial charge in [0.25, 0.3) is 5.91 Å². The minimum atomic E-state index is -1.74. The van der Waals surface area contributed by atoms with E-state index in [2.05, 4.69) is 5.32 Å². The van der Waals surface area contributed by atoms with Crippen molar-refractivity contribution in [1.29, 1.82) is 0 Å². The fourth-order valence-electron chi connectivity index (χ4n) is 2.35. The molecule has 2 aromatic carbocycles. The molecule has 2 amide bonds. The van der Waals surface area contributed by atoms with E-state index in [4.69, 9.17) is 14.2 Å². The van der Waals surface area contributed by atoms with Crippen LogP contribution in [0.25, 0.3) is 6.08 Å². The van der Waals surface area contributed by atoms with Crippen LogP contribution in [0.4, 0.5) is 18.9 Å². The summed E-state index contributed by atoms with van der Waals surface area (Å²) in [7, 11) is 2.95.